The molecule has 2 aromatic heterocycles. The molecule has 126 valence electrons. The Hall–Kier alpha value is -2.41. The lowest BCUT2D eigenvalue weighted by molar-refractivity contribution is 0.339. The zero-order valence-corrected chi connectivity index (χ0v) is 14.4. The number of ether oxygens (including phenoxy) is 2. The summed E-state index contributed by atoms with van der Waals surface area (Å²) in [7, 11) is 0.746. The molecule has 3 rings (SSSR count). The van der Waals surface area contributed by atoms with Gasteiger partial charge in [-0.1, -0.05) is 6.92 Å². The third-order valence-electron chi connectivity index (χ3n) is 3.59. The molecule has 0 saturated carbocycles. The Morgan fingerprint density at radius 3 is 2.92 bits per heavy atom. The summed E-state index contributed by atoms with van der Waals surface area (Å²) in [5.74, 6) is 3.14. The number of benzene rings is 1. The molecule has 0 bridgehead atoms. The van der Waals surface area contributed by atoms with Crippen molar-refractivity contribution < 1.29 is 13.7 Å². The number of imidazole rings is 1. The fourth-order valence-electron chi connectivity index (χ4n) is 2.31. The van der Waals surface area contributed by atoms with Crippen molar-refractivity contribution in [2.75, 3.05) is 25.2 Å². The van der Waals surface area contributed by atoms with Gasteiger partial charge in [0.2, 0.25) is 0 Å². The Labute approximate surface area is 142 Å². The van der Waals surface area contributed by atoms with Crippen molar-refractivity contribution >= 4 is 22.0 Å². The minimum atomic E-state index is -0.861. The second-order valence-corrected chi connectivity index (χ2v) is 6.97. The monoisotopic (exact) mass is 345 g/mol. The molecule has 1 atom stereocenters. The molecular formula is C17H19N3O3S. The first-order chi connectivity index (χ1) is 11.7. The molecule has 0 aliphatic rings. The molecule has 0 amide bonds. The topological polar surface area (TPSA) is 77.1 Å². The molecule has 7 heteroatoms. The number of aromatic nitrogens is 3. The highest BCUT2D eigenvalue weighted by atomic mass is 32.2. The minimum Gasteiger partial charge on any atom is -0.497 e. The molecule has 0 saturated heterocycles. The van der Waals surface area contributed by atoms with Gasteiger partial charge < -0.3 is 14.5 Å². The smallest absolute Gasteiger partial charge is 0.178 e. The maximum absolute atomic E-state index is 11.6. The van der Waals surface area contributed by atoms with E-state index in [2.05, 4.69) is 15.0 Å². The van der Waals surface area contributed by atoms with E-state index in [0.29, 0.717) is 41.1 Å². The molecule has 2 heterocycles. The molecule has 0 aliphatic heterocycles. The number of hydrogen-bond donors (Lipinski definition) is 1. The molecule has 0 fully saturated rings. The van der Waals surface area contributed by atoms with Crippen LogP contribution in [0.4, 0.5) is 0 Å². The molecular weight excluding hydrogens is 326 g/mol. The number of methoxy groups -OCH3 is 1. The van der Waals surface area contributed by atoms with Gasteiger partial charge in [-0.2, -0.15) is 0 Å². The van der Waals surface area contributed by atoms with Crippen LogP contribution in [0.1, 0.15) is 6.92 Å². The highest BCUT2D eigenvalue weighted by Gasteiger charge is 2.13. The number of pyridine rings is 1. The number of hydrogen-bond acceptors (Lipinski definition) is 5. The van der Waals surface area contributed by atoms with Crippen LogP contribution in [0.25, 0.3) is 22.6 Å². The molecule has 0 radical (unpaired) electrons. The van der Waals surface area contributed by atoms with E-state index in [0.717, 1.165) is 11.1 Å². The second-order valence-electron chi connectivity index (χ2n) is 5.10. The Kier molecular flexibility index (Phi) is 5.10. The average molecular weight is 345 g/mol. The minimum absolute atomic E-state index is 0.374. The molecule has 0 spiro atoms. The van der Waals surface area contributed by atoms with Gasteiger partial charge in [0.15, 0.2) is 5.65 Å². The van der Waals surface area contributed by atoms with Gasteiger partial charge in [-0.25, -0.2) is 9.97 Å². The van der Waals surface area contributed by atoms with E-state index in [1.54, 1.807) is 13.3 Å². The summed E-state index contributed by atoms with van der Waals surface area (Å²) in [4.78, 5) is 12.0. The molecule has 1 unspecified atom stereocenters. The van der Waals surface area contributed by atoms with Crippen LogP contribution < -0.4 is 9.47 Å². The lowest BCUT2D eigenvalue weighted by Crippen LogP contribution is -2.10. The summed E-state index contributed by atoms with van der Waals surface area (Å²) < 4.78 is 22.7. The van der Waals surface area contributed by atoms with Crippen LogP contribution in [0.5, 0.6) is 11.5 Å². The number of fused-ring (bicyclic) bond motifs is 1. The number of H-pyrrole nitrogens is 1. The Balaban J connectivity index is 1.92. The van der Waals surface area contributed by atoms with Crippen molar-refractivity contribution in [2.24, 2.45) is 0 Å². The maximum Gasteiger partial charge on any atom is 0.178 e. The number of aromatic amines is 1. The summed E-state index contributed by atoms with van der Waals surface area (Å²) in [6.07, 6.45) is 1.71. The molecule has 1 aromatic carbocycles. The Morgan fingerprint density at radius 2 is 2.17 bits per heavy atom. The molecule has 24 heavy (non-hydrogen) atoms. The third kappa shape index (κ3) is 3.56. The highest BCUT2D eigenvalue weighted by molar-refractivity contribution is 7.84. The van der Waals surface area contributed by atoms with Crippen molar-refractivity contribution in [3.8, 4) is 22.9 Å². The fraction of sp³-hybridized carbons (Fsp3) is 0.294. The first-order valence-corrected chi connectivity index (χ1v) is 9.17. The molecule has 0 aliphatic carbocycles. The summed E-state index contributed by atoms with van der Waals surface area (Å²) in [6.45, 7) is 2.27. The van der Waals surface area contributed by atoms with Gasteiger partial charge in [-0.05, 0) is 24.3 Å². The summed E-state index contributed by atoms with van der Waals surface area (Å²) >= 11 is 0. The third-order valence-corrected chi connectivity index (χ3v) is 4.86. The lowest BCUT2D eigenvalue weighted by atomic mass is 10.2. The van der Waals surface area contributed by atoms with Gasteiger partial charge in [0.05, 0.1) is 30.5 Å². The van der Waals surface area contributed by atoms with E-state index in [-0.39, 0.29) is 0 Å². The summed E-state index contributed by atoms with van der Waals surface area (Å²) in [5, 5.41) is 0. The van der Waals surface area contributed by atoms with Gasteiger partial charge in [0.25, 0.3) is 0 Å². The first-order valence-electron chi connectivity index (χ1n) is 7.68. The fourth-order valence-corrected chi connectivity index (χ4v) is 2.86. The molecule has 6 nitrogen and oxygen atoms in total. The van der Waals surface area contributed by atoms with E-state index < -0.39 is 10.8 Å². The van der Waals surface area contributed by atoms with E-state index in [4.69, 9.17) is 9.47 Å². The maximum atomic E-state index is 11.6. The number of nitrogens with zero attached hydrogens (tertiary/aromatic N) is 2. The van der Waals surface area contributed by atoms with Crippen molar-refractivity contribution in [3.05, 3.63) is 36.5 Å². The van der Waals surface area contributed by atoms with Crippen LogP contribution in [-0.4, -0.2) is 44.4 Å². The van der Waals surface area contributed by atoms with Crippen molar-refractivity contribution in [1.82, 2.24) is 15.0 Å². The van der Waals surface area contributed by atoms with Crippen LogP contribution >= 0.6 is 0 Å². The SMILES string of the molecule is CCS(=O)CCOc1cc(OC)ccc1-c1nc2ncccc2[nH]1. The average Bonchev–Trinajstić information content (AvgIpc) is 3.05. The Morgan fingerprint density at radius 1 is 1.29 bits per heavy atom. The van der Waals surface area contributed by atoms with Crippen molar-refractivity contribution in [3.63, 3.8) is 0 Å². The predicted octanol–water partition coefficient (Wildman–Crippen LogP) is 2.78. The van der Waals surface area contributed by atoms with Crippen molar-refractivity contribution in [2.45, 2.75) is 6.92 Å². The van der Waals surface area contributed by atoms with E-state index in [9.17, 15) is 4.21 Å². The van der Waals surface area contributed by atoms with Gasteiger partial charge in [0.1, 0.15) is 17.3 Å². The van der Waals surface area contributed by atoms with Crippen LogP contribution in [-0.2, 0) is 10.8 Å². The van der Waals surface area contributed by atoms with Crippen LogP contribution in [0.2, 0.25) is 0 Å². The zero-order chi connectivity index (χ0) is 16.9. The highest BCUT2D eigenvalue weighted by Crippen LogP contribution is 2.32. The zero-order valence-electron chi connectivity index (χ0n) is 13.6. The van der Waals surface area contributed by atoms with Crippen LogP contribution in [0, 0.1) is 0 Å². The standard InChI is InChI=1S/C17H19N3O3S/c1-3-24(21)10-9-23-15-11-12(22-2)6-7-13(15)16-19-14-5-4-8-18-17(14)20-16/h4-8,11H,3,9-10H2,1-2H3,(H,18,19,20). The van der Waals surface area contributed by atoms with Gasteiger partial charge in [0, 0.05) is 28.8 Å². The van der Waals surface area contributed by atoms with E-state index >= 15 is 0 Å². The predicted molar refractivity (Wildman–Crippen MR) is 94.9 cm³/mol. The first kappa shape index (κ1) is 16.4. The van der Waals surface area contributed by atoms with Crippen LogP contribution in [0.15, 0.2) is 36.5 Å². The summed E-state index contributed by atoms with van der Waals surface area (Å²) in [6, 6.07) is 9.34. The number of rotatable bonds is 7. The normalized spacial score (nSPS) is 12.2. The molecule has 3 aromatic rings. The van der Waals surface area contributed by atoms with Crippen LogP contribution in [0.3, 0.4) is 0 Å². The van der Waals surface area contributed by atoms with Gasteiger partial charge >= 0.3 is 0 Å². The number of nitrogens with one attached hydrogen (secondary N) is 1. The Bertz CT molecular complexity index is 830. The summed E-state index contributed by atoms with van der Waals surface area (Å²) in [5.41, 5.74) is 2.33. The largest absolute Gasteiger partial charge is 0.497 e. The van der Waals surface area contributed by atoms with Gasteiger partial charge in [-0.15, -0.1) is 0 Å². The lowest BCUT2D eigenvalue weighted by Gasteiger charge is -2.11. The molecule has 1 N–H and O–H groups in total. The van der Waals surface area contributed by atoms with E-state index in [1.807, 2.05) is 37.3 Å². The van der Waals surface area contributed by atoms with E-state index in [1.165, 1.54) is 0 Å². The van der Waals surface area contributed by atoms with Crippen molar-refractivity contribution in [1.29, 1.82) is 0 Å². The second kappa shape index (κ2) is 7.44. The van der Waals surface area contributed by atoms with Gasteiger partial charge in [-0.3, -0.25) is 4.21 Å². The quantitative estimate of drug-likeness (QED) is 0.712.